The second kappa shape index (κ2) is 6.91. The zero-order valence-electron chi connectivity index (χ0n) is 14.9. The minimum atomic E-state index is -0.181. The largest absolute Gasteiger partial charge is 0.495 e. The zero-order valence-corrected chi connectivity index (χ0v) is 14.9. The molecule has 8 heteroatoms. The van der Waals surface area contributed by atoms with Crippen molar-refractivity contribution in [2.24, 2.45) is 7.05 Å². The highest BCUT2D eigenvalue weighted by Crippen LogP contribution is 2.23. The summed E-state index contributed by atoms with van der Waals surface area (Å²) in [6, 6.07) is 8.87. The van der Waals surface area contributed by atoms with Gasteiger partial charge in [-0.05, 0) is 24.3 Å². The standard InChI is InChI=1S/C19H17N5O3/c1-23-11-14(9-21-23)24-6-5-19(25)18(22-24)12-27-15-3-4-17-13(7-15)8-16(26-2)10-20-17/h3-11H,12H2,1-2H3. The highest BCUT2D eigenvalue weighted by Gasteiger charge is 2.07. The number of ether oxygens (including phenoxy) is 2. The van der Waals surface area contributed by atoms with Gasteiger partial charge in [-0.25, -0.2) is 4.68 Å². The SMILES string of the molecule is COc1cnc2ccc(OCc3nn(-c4cnn(C)c4)ccc3=O)cc2c1. The summed E-state index contributed by atoms with van der Waals surface area (Å²) in [6.45, 7) is 0.0584. The molecule has 0 saturated heterocycles. The molecular weight excluding hydrogens is 346 g/mol. The number of aromatic nitrogens is 5. The summed E-state index contributed by atoms with van der Waals surface area (Å²) in [4.78, 5) is 16.4. The van der Waals surface area contributed by atoms with E-state index in [1.807, 2.05) is 37.5 Å². The van der Waals surface area contributed by atoms with Gasteiger partial charge in [0, 0.05) is 24.7 Å². The molecule has 0 fully saturated rings. The Morgan fingerprint density at radius 2 is 1.96 bits per heavy atom. The van der Waals surface area contributed by atoms with Crippen molar-refractivity contribution in [3.05, 3.63) is 71.0 Å². The third kappa shape index (κ3) is 3.50. The zero-order chi connectivity index (χ0) is 18.8. The third-order valence-electron chi connectivity index (χ3n) is 4.07. The molecule has 8 nitrogen and oxygen atoms in total. The van der Waals surface area contributed by atoms with E-state index in [0.29, 0.717) is 17.2 Å². The van der Waals surface area contributed by atoms with E-state index in [0.717, 1.165) is 16.6 Å². The van der Waals surface area contributed by atoms with Crippen molar-refractivity contribution in [3.63, 3.8) is 0 Å². The average Bonchev–Trinajstić information content (AvgIpc) is 3.13. The van der Waals surface area contributed by atoms with Crippen LogP contribution in [0.25, 0.3) is 16.6 Å². The molecule has 0 atom stereocenters. The second-order valence-electron chi connectivity index (χ2n) is 5.96. The lowest BCUT2D eigenvalue weighted by molar-refractivity contribution is 0.298. The maximum atomic E-state index is 12.1. The van der Waals surface area contributed by atoms with Crippen LogP contribution in [0.1, 0.15) is 5.69 Å². The van der Waals surface area contributed by atoms with Gasteiger partial charge >= 0.3 is 0 Å². The summed E-state index contributed by atoms with van der Waals surface area (Å²) >= 11 is 0. The van der Waals surface area contributed by atoms with Gasteiger partial charge in [-0.3, -0.25) is 14.5 Å². The van der Waals surface area contributed by atoms with Crippen LogP contribution in [-0.4, -0.2) is 31.7 Å². The van der Waals surface area contributed by atoms with Crippen LogP contribution >= 0.6 is 0 Å². The Balaban J connectivity index is 1.58. The summed E-state index contributed by atoms with van der Waals surface area (Å²) in [5, 5.41) is 9.36. The fourth-order valence-electron chi connectivity index (χ4n) is 2.66. The minimum absolute atomic E-state index is 0.0584. The molecule has 3 aromatic heterocycles. The number of methoxy groups -OCH3 is 1. The fourth-order valence-corrected chi connectivity index (χ4v) is 2.66. The van der Waals surface area contributed by atoms with E-state index in [2.05, 4.69) is 15.2 Å². The fraction of sp³-hybridized carbons (Fsp3) is 0.158. The van der Waals surface area contributed by atoms with Crippen LogP contribution in [-0.2, 0) is 13.7 Å². The molecule has 136 valence electrons. The van der Waals surface area contributed by atoms with Gasteiger partial charge in [-0.1, -0.05) is 0 Å². The van der Waals surface area contributed by atoms with Gasteiger partial charge in [0.1, 0.15) is 29.5 Å². The number of hydrogen-bond acceptors (Lipinski definition) is 6. The molecule has 0 aliphatic heterocycles. The Morgan fingerprint density at radius 3 is 2.74 bits per heavy atom. The summed E-state index contributed by atoms with van der Waals surface area (Å²) in [5.74, 6) is 1.29. The molecule has 0 saturated carbocycles. The molecule has 3 heterocycles. The summed E-state index contributed by atoms with van der Waals surface area (Å²) in [5.41, 5.74) is 1.73. The first-order chi connectivity index (χ1) is 13.1. The van der Waals surface area contributed by atoms with Gasteiger partial charge < -0.3 is 9.47 Å². The van der Waals surface area contributed by atoms with Crippen LogP contribution in [0.5, 0.6) is 11.5 Å². The van der Waals surface area contributed by atoms with Gasteiger partial charge in [-0.15, -0.1) is 0 Å². The lowest BCUT2D eigenvalue weighted by atomic mass is 10.2. The number of benzene rings is 1. The van der Waals surface area contributed by atoms with Crippen LogP contribution in [0.15, 0.2) is 59.9 Å². The summed E-state index contributed by atoms with van der Waals surface area (Å²) < 4.78 is 14.3. The van der Waals surface area contributed by atoms with Crippen molar-refractivity contribution >= 4 is 10.9 Å². The molecule has 0 aliphatic carbocycles. The predicted molar refractivity (Wildman–Crippen MR) is 99.2 cm³/mol. The lowest BCUT2D eigenvalue weighted by Crippen LogP contribution is -2.17. The molecule has 0 unspecified atom stereocenters. The quantitative estimate of drug-likeness (QED) is 0.540. The van der Waals surface area contributed by atoms with Crippen molar-refractivity contribution in [1.29, 1.82) is 0 Å². The Kier molecular flexibility index (Phi) is 4.29. The number of nitrogens with zero attached hydrogens (tertiary/aromatic N) is 5. The number of rotatable bonds is 5. The van der Waals surface area contributed by atoms with Crippen molar-refractivity contribution < 1.29 is 9.47 Å². The van der Waals surface area contributed by atoms with E-state index in [-0.39, 0.29) is 12.0 Å². The number of pyridine rings is 1. The summed E-state index contributed by atoms with van der Waals surface area (Å²) in [7, 11) is 3.41. The van der Waals surface area contributed by atoms with Gasteiger partial charge in [0.25, 0.3) is 0 Å². The lowest BCUT2D eigenvalue weighted by Gasteiger charge is -2.08. The molecule has 0 radical (unpaired) electrons. The molecule has 0 N–H and O–H groups in total. The van der Waals surface area contributed by atoms with E-state index in [4.69, 9.17) is 9.47 Å². The maximum absolute atomic E-state index is 12.1. The Labute approximate surface area is 154 Å². The van der Waals surface area contributed by atoms with E-state index in [9.17, 15) is 4.79 Å². The first-order valence-corrected chi connectivity index (χ1v) is 8.27. The van der Waals surface area contributed by atoms with Crippen LogP contribution in [0.2, 0.25) is 0 Å². The minimum Gasteiger partial charge on any atom is -0.495 e. The molecule has 1 aromatic carbocycles. The van der Waals surface area contributed by atoms with Crippen LogP contribution in [0.3, 0.4) is 0 Å². The molecule has 27 heavy (non-hydrogen) atoms. The highest BCUT2D eigenvalue weighted by atomic mass is 16.5. The Bertz CT molecular complexity index is 1170. The molecule has 0 bridgehead atoms. The van der Waals surface area contributed by atoms with Crippen LogP contribution in [0, 0.1) is 0 Å². The van der Waals surface area contributed by atoms with Gasteiger partial charge in [0.05, 0.1) is 31.2 Å². The van der Waals surface area contributed by atoms with Crippen molar-refractivity contribution in [3.8, 4) is 17.2 Å². The second-order valence-corrected chi connectivity index (χ2v) is 5.96. The molecule has 0 amide bonds. The number of aryl methyl sites for hydroxylation is 1. The van der Waals surface area contributed by atoms with Crippen LogP contribution < -0.4 is 14.9 Å². The molecule has 4 rings (SSSR count). The van der Waals surface area contributed by atoms with Gasteiger partial charge in [0.15, 0.2) is 0 Å². The number of fused-ring (bicyclic) bond motifs is 1. The average molecular weight is 363 g/mol. The topological polar surface area (TPSA) is 84.1 Å². The van der Waals surface area contributed by atoms with Crippen molar-refractivity contribution in [2.45, 2.75) is 6.61 Å². The molecular formula is C19H17N5O3. The van der Waals surface area contributed by atoms with Gasteiger partial charge in [0.2, 0.25) is 5.43 Å². The first-order valence-electron chi connectivity index (χ1n) is 8.27. The van der Waals surface area contributed by atoms with Gasteiger partial charge in [-0.2, -0.15) is 10.2 Å². The molecule has 0 spiro atoms. The van der Waals surface area contributed by atoms with E-state index >= 15 is 0 Å². The highest BCUT2D eigenvalue weighted by molar-refractivity contribution is 5.81. The molecule has 4 aromatic rings. The third-order valence-corrected chi connectivity index (χ3v) is 4.07. The maximum Gasteiger partial charge on any atom is 0.206 e. The monoisotopic (exact) mass is 363 g/mol. The Morgan fingerprint density at radius 1 is 1.11 bits per heavy atom. The summed E-state index contributed by atoms with van der Waals surface area (Å²) in [6.07, 6.45) is 6.76. The van der Waals surface area contributed by atoms with E-state index in [1.54, 1.807) is 35.1 Å². The molecule has 0 aliphatic rings. The van der Waals surface area contributed by atoms with Crippen molar-refractivity contribution in [2.75, 3.05) is 7.11 Å². The van der Waals surface area contributed by atoms with Crippen molar-refractivity contribution in [1.82, 2.24) is 24.5 Å². The van der Waals surface area contributed by atoms with E-state index in [1.165, 1.54) is 6.07 Å². The smallest absolute Gasteiger partial charge is 0.206 e. The number of hydrogen-bond donors (Lipinski definition) is 0. The van der Waals surface area contributed by atoms with Crippen LogP contribution in [0.4, 0.5) is 0 Å². The van der Waals surface area contributed by atoms with E-state index < -0.39 is 0 Å². The predicted octanol–water partition coefficient (Wildman–Crippen LogP) is 2.10. The Hall–Kier alpha value is -3.68. The normalized spacial score (nSPS) is 10.9. The first kappa shape index (κ1) is 16.8.